The third-order valence-corrected chi connectivity index (χ3v) is 2.56. The lowest BCUT2D eigenvalue weighted by molar-refractivity contribution is -0.140. The number of methoxy groups -OCH3 is 2. The molecule has 1 aliphatic rings. The summed E-state index contributed by atoms with van der Waals surface area (Å²) in [5, 5.41) is 13.3. The Bertz CT molecular complexity index is 378. The maximum atomic E-state index is 11.4. The molecule has 3 unspecified atom stereocenters. The van der Waals surface area contributed by atoms with Crippen molar-refractivity contribution >= 4 is 5.97 Å². The molecule has 100 valence electrons. The van der Waals surface area contributed by atoms with Crippen LogP contribution in [0.25, 0.3) is 10.4 Å². The normalized spacial score (nSPS) is 27.1. The highest BCUT2D eigenvalue weighted by atomic mass is 16.7. The van der Waals surface area contributed by atoms with Crippen LogP contribution in [0.15, 0.2) is 16.8 Å². The topological polar surface area (TPSA) is 114 Å². The van der Waals surface area contributed by atoms with E-state index in [2.05, 4.69) is 14.8 Å². The second-order valence-corrected chi connectivity index (χ2v) is 3.69. The number of rotatable bonds is 5. The fourth-order valence-electron chi connectivity index (χ4n) is 1.69. The van der Waals surface area contributed by atoms with E-state index in [1.165, 1.54) is 20.3 Å². The van der Waals surface area contributed by atoms with E-state index in [1.807, 2.05) is 0 Å². The minimum absolute atomic E-state index is 0.0286. The highest BCUT2D eigenvalue weighted by Crippen LogP contribution is 2.25. The summed E-state index contributed by atoms with van der Waals surface area (Å²) in [5.74, 6) is -0.536. The molecule has 0 radical (unpaired) electrons. The van der Waals surface area contributed by atoms with Crippen LogP contribution in [-0.4, -0.2) is 50.3 Å². The van der Waals surface area contributed by atoms with Gasteiger partial charge in [-0.3, -0.25) is 0 Å². The molecule has 0 aromatic rings. The molecule has 1 aliphatic carbocycles. The first kappa shape index (κ1) is 14.5. The van der Waals surface area contributed by atoms with Crippen LogP contribution in [0.4, 0.5) is 0 Å². The Hall–Kier alpha value is -1.60. The van der Waals surface area contributed by atoms with Crippen molar-refractivity contribution in [3.63, 3.8) is 0 Å². The molecule has 1 N–H and O–H groups in total. The number of azide groups is 1. The van der Waals surface area contributed by atoms with Gasteiger partial charge in [-0.1, -0.05) is 11.2 Å². The van der Waals surface area contributed by atoms with Crippen LogP contribution < -0.4 is 0 Å². The molecule has 0 amide bonds. The Morgan fingerprint density at radius 1 is 1.67 bits per heavy atom. The molecule has 0 heterocycles. The summed E-state index contributed by atoms with van der Waals surface area (Å²) in [4.78, 5) is 14.1. The van der Waals surface area contributed by atoms with Crippen LogP contribution in [0.2, 0.25) is 0 Å². The maximum Gasteiger partial charge on any atom is 0.333 e. The summed E-state index contributed by atoms with van der Waals surface area (Å²) >= 11 is 0. The molecule has 0 fully saturated rings. The molecule has 0 aliphatic heterocycles. The predicted molar refractivity (Wildman–Crippen MR) is 60.4 cm³/mol. The molecule has 0 saturated heterocycles. The Morgan fingerprint density at radius 3 is 2.94 bits per heavy atom. The first-order valence-electron chi connectivity index (χ1n) is 5.25. The molecular formula is C10H15N3O5. The van der Waals surface area contributed by atoms with E-state index >= 15 is 0 Å². The Morgan fingerprint density at radius 2 is 2.39 bits per heavy atom. The molecule has 0 bridgehead atoms. The van der Waals surface area contributed by atoms with E-state index in [0.717, 1.165) is 0 Å². The van der Waals surface area contributed by atoms with Crippen molar-refractivity contribution in [3.05, 3.63) is 22.1 Å². The molecule has 8 heteroatoms. The SMILES string of the molecule is COCOC1CC(C(=O)OC)=CC(N=[N+]=[N-])C1O. The number of carbonyl (C=O) groups is 1. The van der Waals surface area contributed by atoms with Gasteiger partial charge in [0.15, 0.2) is 0 Å². The summed E-state index contributed by atoms with van der Waals surface area (Å²) in [6.07, 6.45) is -0.138. The highest BCUT2D eigenvalue weighted by molar-refractivity contribution is 5.88. The molecule has 18 heavy (non-hydrogen) atoms. The van der Waals surface area contributed by atoms with Gasteiger partial charge in [-0.25, -0.2) is 4.79 Å². The van der Waals surface area contributed by atoms with Gasteiger partial charge in [-0.05, 0) is 5.53 Å². The molecule has 0 aromatic carbocycles. The number of aliphatic hydroxyl groups excluding tert-OH is 1. The number of ether oxygens (including phenoxy) is 3. The van der Waals surface area contributed by atoms with Crippen molar-refractivity contribution in [3.8, 4) is 0 Å². The monoisotopic (exact) mass is 257 g/mol. The van der Waals surface area contributed by atoms with Gasteiger partial charge in [0.05, 0.1) is 25.4 Å². The lowest BCUT2D eigenvalue weighted by atomic mass is 9.91. The molecule has 8 nitrogen and oxygen atoms in total. The van der Waals surface area contributed by atoms with Crippen molar-refractivity contribution < 1.29 is 24.1 Å². The van der Waals surface area contributed by atoms with Crippen molar-refractivity contribution in [2.75, 3.05) is 21.0 Å². The smallest absolute Gasteiger partial charge is 0.333 e. The lowest BCUT2D eigenvalue weighted by Crippen LogP contribution is -2.42. The van der Waals surface area contributed by atoms with Crippen LogP contribution in [0.1, 0.15) is 6.42 Å². The molecule has 1 rings (SSSR count). The van der Waals surface area contributed by atoms with Crippen LogP contribution >= 0.6 is 0 Å². The van der Waals surface area contributed by atoms with Gasteiger partial charge in [0.2, 0.25) is 0 Å². The molecular weight excluding hydrogens is 242 g/mol. The first-order chi connectivity index (χ1) is 8.63. The summed E-state index contributed by atoms with van der Waals surface area (Å²) in [5.41, 5.74) is 8.72. The van der Waals surface area contributed by atoms with E-state index in [-0.39, 0.29) is 13.2 Å². The van der Waals surface area contributed by atoms with Crippen molar-refractivity contribution in [2.24, 2.45) is 5.11 Å². The zero-order valence-corrected chi connectivity index (χ0v) is 10.1. The van der Waals surface area contributed by atoms with E-state index in [4.69, 9.17) is 15.0 Å². The highest BCUT2D eigenvalue weighted by Gasteiger charge is 2.34. The van der Waals surface area contributed by atoms with Crippen LogP contribution in [0.5, 0.6) is 0 Å². The van der Waals surface area contributed by atoms with Crippen LogP contribution in [0, 0.1) is 0 Å². The Balaban J connectivity index is 2.89. The zero-order chi connectivity index (χ0) is 13.5. The average molecular weight is 257 g/mol. The molecule has 3 atom stereocenters. The number of hydrogen-bond acceptors (Lipinski definition) is 6. The van der Waals surface area contributed by atoms with E-state index in [9.17, 15) is 9.90 Å². The van der Waals surface area contributed by atoms with Crippen molar-refractivity contribution in [1.29, 1.82) is 0 Å². The van der Waals surface area contributed by atoms with Gasteiger partial charge >= 0.3 is 5.97 Å². The van der Waals surface area contributed by atoms with Crippen molar-refractivity contribution in [1.82, 2.24) is 0 Å². The average Bonchev–Trinajstić information content (AvgIpc) is 2.39. The van der Waals surface area contributed by atoms with Gasteiger partial charge < -0.3 is 19.3 Å². The number of esters is 1. The number of carbonyl (C=O) groups excluding carboxylic acids is 1. The van der Waals surface area contributed by atoms with Crippen LogP contribution in [0.3, 0.4) is 0 Å². The van der Waals surface area contributed by atoms with Gasteiger partial charge in [0.25, 0.3) is 0 Å². The van der Waals surface area contributed by atoms with Gasteiger partial charge in [0.1, 0.15) is 6.79 Å². The van der Waals surface area contributed by atoms with E-state index < -0.39 is 24.2 Å². The van der Waals surface area contributed by atoms with Crippen LogP contribution in [-0.2, 0) is 19.0 Å². The number of aliphatic hydroxyl groups is 1. The number of nitrogens with zero attached hydrogens (tertiary/aromatic N) is 3. The predicted octanol–water partition coefficient (Wildman–Crippen LogP) is 0.518. The fourth-order valence-corrected chi connectivity index (χ4v) is 1.69. The standard InChI is InChI=1S/C10H15N3O5/c1-16-5-18-8-4-6(10(15)17-2)3-7(9(8)14)12-13-11/h3,7-9,14H,4-5H2,1-2H3. The zero-order valence-electron chi connectivity index (χ0n) is 10.1. The number of hydrogen-bond donors (Lipinski definition) is 1. The summed E-state index contributed by atoms with van der Waals surface area (Å²) in [6, 6.07) is -0.861. The quantitative estimate of drug-likeness (QED) is 0.253. The second kappa shape index (κ2) is 6.97. The fraction of sp³-hybridized carbons (Fsp3) is 0.700. The molecule has 0 aromatic heterocycles. The van der Waals surface area contributed by atoms with E-state index in [0.29, 0.717) is 5.57 Å². The molecule has 0 saturated carbocycles. The largest absolute Gasteiger partial charge is 0.466 e. The Kier molecular flexibility index (Phi) is 5.60. The van der Waals surface area contributed by atoms with E-state index in [1.54, 1.807) is 0 Å². The molecule has 0 spiro atoms. The van der Waals surface area contributed by atoms with Gasteiger partial charge in [0, 0.05) is 24.0 Å². The third kappa shape index (κ3) is 3.44. The van der Waals surface area contributed by atoms with Gasteiger partial charge in [-0.2, -0.15) is 0 Å². The van der Waals surface area contributed by atoms with Crippen molar-refractivity contribution in [2.45, 2.75) is 24.7 Å². The summed E-state index contributed by atoms with van der Waals surface area (Å²) in [6.45, 7) is -0.0286. The first-order valence-corrected chi connectivity index (χ1v) is 5.25. The summed E-state index contributed by atoms with van der Waals surface area (Å²) < 4.78 is 14.6. The maximum absolute atomic E-state index is 11.4. The lowest BCUT2D eigenvalue weighted by Gasteiger charge is -2.30. The minimum atomic E-state index is -1.02. The second-order valence-electron chi connectivity index (χ2n) is 3.69. The minimum Gasteiger partial charge on any atom is -0.466 e. The Labute approximate surface area is 104 Å². The third-order valence-electron chi connectivity index (χ3n) is 2.56. The summed E-state index contributed by atoms with van der Waals surface area (Å²) in [7, 11) is 2.69. The van der Waals surface area contributed by atoms with Gasteiger partial charge in [-0.15, -0.1) is 0 Å².